The summed E-state index contributed by atoms with van der Waals surface area (Å²) in [6.45, 7) is 0. The molecule has 1 amide bonds. The fraction of sp³-hybridized carbons (Fsp3) is 0.500. The first-order chi connectivity index (χ1) is 3.72. The van der Waals surface area contributed by atoms with Gasteiger partial charge in [0.25, 0.3) is 5.91 Å². The summed E-state index contributed by atoms with van der Waals surface area (Å²) < 4.78 is 0. The quantitative estimate of drug-likeness (QED) is 0.384. The Morgan fingerprint density at radius 1 is 1.62 bits per heavy atom. The highest BCUT2D eigenvalue weighted by Gasteiger charge is 2.06. The van der Waals surface area contributed by atoms with Crippen molar-refractivity contribution < 1.29 is 9.59 Å². The standard InChI is InChI=1S/C4H7NO2S/c1-5-4(7)3(6)2-8/h8H,2H2,1H3,(H,5,7). The first-order valence-electron chi connectivity index (χ1n) is 2.08. The number of nitrogens with one attached hydrogen (secondary N) is 1. The molecule has 0 saturated carbocycles. The predicted molar refractivity (Wildman–Crippen MR) is 32.9 cm³/mol. The molecule has 0 rings (SSSR count). The molecule has 0 saturated heterocycles. The van der Waals surface area contributed by atoms with Crippen LogP contribution in [0.2, 0.25) is 0 Å². The molecule has 0 radical (unpaired) electrons. The van der Waals surface area contributed by atoms with Gasteiger partial charge in [-0.25, -0.2) is 0 Å². The highest BCUT2D eigenvalue weighted by molar-refractivity contribution is 7.81. The second-order valence-corrected chi connectivity index (χ2v) is 1.48. The summed E-state index contributed by atoms with van der Waals surface area (Å²) in [7, 11) is 1.41. The van der Waals surface area contributed by atoms with E-state index in [-0.39, 0.29) is 5.75 Å². The average Bonchev–Trinajstić information content (AvgIpc) is 1.84. The Hall–Kier alpha value is -0.510. The van der Waals surface area contributed by atoms with Gasteiger partial charge in [-0.1, -0.05) is 0 Å². The van der Waals surface area contributed by atoms with Gasteiger partial charge in [0, 0.05) is 7.05 Å². The van der Waals surface area contributed by atoms with E-state index in [1.807, 2.05) is 0 Å². The molecule has 8 heavy (non-hydrogen) atoms. The second kappa shape index (κ2) is 3.49. The number of carbonyl (C=O) groups is 2. The predicted octanol–water partition coefficient (Wildman–Crippen LogP) is -0.769. The molecule has 0 aromatic carbocycles. The lowest BCUT2D eigenvalue weighted by Crippen LogP contribution is -2.28. The van der Waals surface area contributed by atoms with E-state index in [1.165, 1.54) is 7.05 Å². The Balaban J connectivity index is 3.64. The molecule has 3 nitrogen and oxygen atoms in total. The smallest absolute Gasteiger partial charge is 0.287 e. The zero-order valence-corrected chi connectivity index (χ0v) is 5.37. The van der Waals surface area contributed by atoms with Crippen LogP contribution in [0.5, 0.6) is 0 Å². The minimum Gasteiger partial charge on any atom is -0.353 e. The van der Waals surface area contributed by atoms with Crippen LogP contribution in [-0.4, -0.2) is 24.5 Å². The number of carbonyl (C=O) groups excluding carboxylic acids is 2. The summed E-state index contributed by atoms with van der Waals surface area (Å²) in [5, 5.41) is 2.18. The summed E-state index contributed by atoms with van der Waals surface area (Å²) in [6.07, 6.45) is 0. The van der Waals surface area contributed by atoms with Gasteiger partial charge in [0.05, 0.1) is 5.75 Å². The zero-order chi connectivity index (χ0) is 6.57. The lowest BCUT2D eigenvalue weighted by molar-refractivity contribution is -0.136. The van der Waals surface area contributed by atoms with Gasteiger partial charge >= 0.3 is 0 Å². The lowest BCUT2D eigenvalue weighted by atomic mass is 10.4. The van der Waals surface area contributed by atoms with Crippen molar-refractivity contribution in [2.45, 2.75) is 0 Å². The SMILES string of the molecule is CNC(=O)C(=O)CS. The van der Waals surface area contributed by atoms with Crippen LogP contribution in [-0.2, 0) is 9.59 Å². The maximum atomic E-state index is 10.3. The maximum Gasteiger partial charge on any atom is 0.287 e. The fourth-order valence-corrected chi connectivity index (χ4v) is 0.355. The van der Waals surface area contributed by atoms with Crippen molar-refractivity contribution in [3.8, 4) is 0 Å². The van der Waals surface area contributed by atoms with E-state index in [0.717, 1.165) is 0 Å². The topological polar surface area (TPSA) is 46.2 Å². The van der Waals surface area contributed by atoms with Crippen molar-refractivity contribution in [1.82, 2.24) is 5.32 Å². The van der Waals surface area contributed by atoms with Crippen LogP contribution in [0.25, 0.3) is 0 Å². The molecule has 0 aromatic rings. The number of rotatable bonds is 2. The second-order valence-electron chi connectivity index (χ2n) is 1.16. The third-order valence-electron chi connectivity index (χ3n) is 0.624. The van der Waals surface area contributed by atoms with Crippen LogP contribution in [0.3, 0.4) is 0 Å². The Kier molecular flexibility index (Phi) is 3.26. The zero-order valence-electron chi connectivity index (χ0n) is 4.47. The van der Waals surface area contributed by atoms with Crippen molar-refractivity contribution in [2.24, 2.45) is 0 Å². The summed E-state index contributed by atoms with van der Waals surface area (Å²) in [5.41, 5.74) is 0. The monoisotopic (exact) mass is 133 g/mol. The highest BCUT2D eigenvalue weighted by Crippen LogP contribution is 1.75. The molecular formula is C4H7NO2S. The highest BCUT2D eigenvalue weighted by atomic mass is 32.1. The molecular weight excluding hydrogens is 126 g/mol. The molecule has 1 N–H and O–H groups in total. The van der Waals surface area contributed by atoms with Crippen LogP contribution in [0.15, 0.2) is 0 Å². The van der Waals surface area contributed by atoms with Crippen LogP contribution in [0.1, 0.15) is 0 Å². The van der Waals surface area contributed by atoms with Gasteiger partial charge in [-0.3, -0.25) is 9.59 Å². The van der Waals surface area contributed by atoms with E-state index in [9.17, 15) is 9.59 Å². The number of ketones is 1. The molecule has 0 spiro atoms. The molecule has 0 fully saturated rings. The normalized spacial score (nSPS) is 8.25. The van der Waals surface area contributed by atoms with Crippen LogP contribution >= 0.6 is 12.6 Å². The molecule has 4 heteroatoms. The molecule has 0 aliphatic rings. The van der Waals surface area contributed by atoms with Crippen LogP contribution < -0.4 is 5.32 Å². The first-order valence-corrected chi connectivity index (χ1v) is 2.71. The summed E-state index contributed by atoms with van der Waals surface area (Å²) in [6, 6.07) is 0. The molecule has 0 heterocycles. The lowest BCUT2D eigenvalue weighted by Gasteiger charge is -1.90. The number of Topliss-reactive ketones (excluding diaryl/α,β-unsaturated/α-hetero) is 1. The molecule has 46 valence electrons. The van der Waals surface area contributed by atoms with Gasteiger partial charge in [0.2, 0.25) is 5.78 Å². The number of hydrogen-bond acceptors (Lipinski definition) is 3. The van der Waals surface area contributed by atoms with Crippen molar-refractivity contribution in [3.63, 3.8) is 0 Å². The number of likely N-dealkylation sites (N-methyl/N-ethyl adjacent to an activating group) is 1. The minimum atomic E-state index is -0.583. The van der Waals surface area contributed by atoms with Gasteiger partial charge in [-0.15, -0.1) is 0 Å². The molecule has 0 aromatic heterocycles. The fourth-order valence-electron chi connectivity index (χ4n) is 0.211. The van der Waals surface area contributed by atoms with E-state index in [4.69, 9.17) is 0 Å². The Labute approximate surface area is 52.9 Å². The summed E-state index contributed by atoms with van der Waals surface area (Å²) >= 11 is 3.60. The van der Waals surface area contributed by atoms with Gasteiger partial charge < -0.3 is 5.32 Å². The molecule has 0 aliphatic carbocycles. The third-order valence-corrected chi connectivity index (χ3v) is 0.911. The average molecular weight is 133 g/mol. The van der Waals surface area contributed by atoms with Crippen molar-refractivity contribution in [1.29, 1.82) is 0 Å². The van der Waals surface area contributed by atoms with E-state index in [2.05, 4.69) is 17.9 Å². The molecule has 0 atom stereocenters. The Morgan fingerprint density at radius 3 is 2.25 bits per heavy atom. The first kappa shape index (κ1) is 7.49. The maximum absolute atomic E-state index is 10.3. The Bertz CT molecular complexity index is 98.6. The van der Waals surface area contributed by atoms with Crippen molar-refractivity contribution in [3.05, 3.63) is 0 Å². The van der Waals surface area contributed by atoms with Gasteiger partial charge in [-0.05, 0) is 0 Å². The molecule has 0 bridgehead atoms. The van der Waals surface area contributed by atoms with Gasteiger partial charge in [-0.2, -0.15) is 12.6 Å². The minimum absolute atomic E-state index is 0.0281. The number of thiol groups is 1. The Morgan fingerprint density at radius 2 is 2.12 bits per heavy atom. The van der Waals surface area contributed by atoms with Crippen LogP contribution in [0.4, 0.5) is 0 Å². The number of hydrogen-bond donors (Lipinski definition) is 2. The van der Waals surface area contributed by atoms with E-state index in [1.54, 1.807) is 0 Å². The summed E-state index contributed by atoms with van der Waals surface area (Å²) in [5.74, 6) is -1.12. The summed E-state index contributed by atoms with van der Waals surface area (Å²) in [4.78, 5) is 20.5. The van der Waals surface area contributed by atoms with Crippen molar-refractivity contribution >= 4 is 24.3 Å². The van der Waals surface area contributed by atoms with Crippen LogP contribution in [0, 0.1) is 0 Å². The third kappa shape index (κ3) is 1.97. The number of amides is 1. The van der Waals surface area contributed by atoms with E-state index >= 15 is 0 Å². The van der Waals surface area contributed by atoms with Gasteiger partial charge in [0.1, 0.15) is 0 Å². The molecule has 0 aliphatic heterocycles. The largest absolute Gasteiger partial charge is 0.353 e. The van der Waals surface area contributed by atoms with E-state index < -0.39 is 11.7 Å². The van der Waals surface area contributed by atoms with Gasteiger partial charge in [0.15, 0.2) is 0 Å². The van der Waals surface area contributed by atoms with Crippen molar-refractivity contribution in [2.75, 3.05) is 12.8 Å². The van der Waals surface area contributed by atoms with E-state index in [0.29, 0.717) is 0 Å². The molecule has 0 unspecified atom stereocenters.